The lowest BCUT2D eigenvalue weighted by Gasteiger charge is -2.29. The van der Waals surface area contributed by atoms with Gasteiger partial charge in [0, 0.05) is 44.7 Å². The summed E-state index contributed by atoms with van der Waals surface area (Å²) in [6, 6.07) is 11.7. The number of para-hydroxylation sites is 1. The van der Waals surface area contributed by atoms with Crippen LogP contribution in [0.2, 0.25) is 0 Å². The molecule has 8 nitrogen and oxygen atoms in total. The monoisotopic (exact) mass is 478 g/mol. The number of hydrogen-bond donors (Lipinski definition) is 2. The largest absolute Gasteiger partial charge is 0.488 e. The van der Waals surface area contributed by atoms with E-state index in [0.717, 1.165) is 31.5 Å². The van der Waals surface area contributed by atoms with Crippen LogP contribution < -0.4 is 19.7 Å². The molecule has 2 N–H and O–H groups in total. The van der Waals surface area contributed by atoms with Gasteiger partial charge in [-0.05, 0) is 24.3 Å². The van der Waals surface area contributed by atoms with Gasteiger partial charge < -0.3 is 24.8 Å². The fourth-order valence-corrected chi connectivity index (χ4v) is 3.31. The molecule has 182 valence electrons. The normalized spacial score (nSPS) is 13.7. The number of hydrogen-bond acceptors (Lipinski definition) is 7. The van der Waals surface area contributed by atoms with Crippen LogP contribution in [0.25, 0.3) is 10.9 Å². The van der Waals surface area contributed by atoms with Crippen LogP contribution in [-0.2, 0) is 11.0 Å². The zero-order valence-corrected chi connectivity index (χ0v) is 18.5. The third-order valence-electron chi connectivity index (χ3n) is 4.77. The standard InChI is InChI=1S/C21H21F3N4O2.C2H4O2/c22-21(23,24)16-6-7-18(28-11-9-25-10-12-28)27-20(16)30-14-13-29-17-5-1-3-15-4-2-8-26-19(15)17;1-2(3)4/h1-8,25H,9-14H2;1H3,(H,3,4). The molecule has 0 bridgehead atoms. The van der Waals surface area contributed by atoms with E-state index in [2.05, 4.69) is 15.3 Å². The molecule has 0 amide bonds. The molecule has 0 saturated carbocycles. The fourth-order valence-electron chi connectivity index (χ4n) is 3.31. The predicted molar refractivity (Wildman–Crippen MR) is 120 cm³/mol. The Hall–Kier alpha value is -3.60. The number of benzene rings is 1. The molecule has 2 aromatic heterocycles. The topological polar surface area (TPSA) is 96.8 Å². The van der Waals surface area contributed by atoms with Crippen molar-refractivity contribution in [3.63, 3.8) is 0 Å². The number of fused-ring (bicyclic) bond motifs is 1. The van der Waals surface area contributed by atoms with Crippen LogP contribution in [-0.4, -0.2) is 60.4 Å². The number of aliphatic carboxylic acids is 1. The highest BCUT2D eigenvalue weighted by molar-refractivity contribution is 5.84. The Balaban J connectivity index is 0.000000751. The van der Waals surface area contributed by atoms with Gasteiger partial charge in [-0.25, -0.2) is 0 Å². The van der Waals surface area contributed by atoms with E-state index in [4.69, 9.17) is 19.4 Å². The van der Waals surface area contributed by atoms with E-state index in [9.17, 15) is 13.2 Å². The number of nitrogens with one attached hydrogen (secondary N) is 1. The van der Waals surface area contributed by atoms with Crippen LogP contribution in [0.5, 0.6) is 11.6 Å². The summed E-state index contributed by atoms with van der Waals surface area (Å²) in [4.78, 5) is 19.4. The summed E-state index contributed by atoms with van der Waals surface area (Å²) in [7, 11) is 0. The van der Waals surface area contributed by atoms with Gasteiger partial charge in [-0.3, -0.25) is 9.78 Å². The van der Waals surface area contributed by atoms with E-state index in [1.54, 1.807) is 12.3 Å². The van der Waals surface area contributed by atoms with E-state index in [1.165, 1.54) is 6.07 Å². The van der Waals surface area contributed by atoms with Crippen LogP contribution in [0.15, 0.2) is 48.7 Å². The zero-order chi connectivity index (χ0) is 24.6. The second-order valence-corrected chi connectivity index (χ2v) is 7.30. The van der Waals surface area contributed by atoms with E-state index in [1.807, 2.05) is 29.2 Å². The van der Waals surface area contributed by atoms with Gasteiger partial charge in [-0.15, -0.1) is 0 Å². The molecule has 0 radical (unpaired) electrons. The van der Waals surface area contributed by atoms with Crippen LogP contribution in [0.1, 0.15) is 12.5 Å². The lowest BCUT2D eigenvalue weighted by Crippen LogP contribution is -2.43. The SMILES string of the molecule is CC(=O)O.FC(F)(F)c1ccc(N2CCNCC2)nc1OCCOc1cccc2cccnc12. The van der Waals surface area contributed by atoms with E-state index in [-0.39, 0.29) is 13.2 Å². The number of anilines is 1. The molecule has 11 heteroatoms. The van der Waals surface area contributed by atoms with Gasteiger partial charge in [-0.2, -0.15) is 18.2 Å². The van der Waals surface area contributed by atoms with Crippen molar-refractivity contribution in [3.05, 3.63) is 54.2 Å². The number of ether oxygens (including phenoxy) is 2. The Morgan fingerprint density at radius 1 is 1.09 bits per heavy atom. The molecule has 1 aliphatic rings. The maximum Gasteiger partial charge on any atom is 0.421 e. The van der Waals surface area contributed by atoms with Gasteiger partial charge in [0.1, 0.15) is 35.9 Å². The first-order valence-electron chi connectivity index (χ1n) is 10.6. The molecule has 0 unspecified atom stereocenters. The highest BCUT2D eigenvalue weighted by Crippen LogP contribution is 2.36. The minimum Gasteiger partial charge on any atom is -0.488 e. The van der Waals surface area contributed by atoms with Crippen LogP contribution in [0.3, 0.4) is 0 Å². The first-order valence-corrected chi connectivity index (χ1v) is 10.6. The second kappa shape index (κ2) is 11.5. The van der Waals surface area contributed by atoms with E-state index >= 15 is 0 Å². The first kappa shape index (κ1) is 25.0. The molecular formula is C23H25F3N4O4. The molecule has 0 spiro atoms. The summed E-state index contributed by atoms with van der Waals surface area (Å²) in [5.74, 6) is -0.243. The van der Waals surface area contributed by atoms with Crippen LogP contribution in [0, 0.1) is 0 Å². The van der Waals surface area contributed by atoms with Crippen molar-refractivity contribution in [1.29, 1.82) is 0 Å². The molecular weight excluding hydrogens is 453 g/mol. The molecule has 0 aliphatic carbocycles. The minimum absolute atomic E-state index is 0.0620. The fraction of sp³-hybridized carbons (Fsp3) is 0.348. The molecule has 1 aromatic carbocycles. The number of nitrogens with zero attached hydrogens (tertiary/aromatic N) is 3. The van der Waals surface area contributed by atoms with Crippen molar-refractivity contribution < 1.29 is 32.5 Å². The van der Waals surface area contributed by atoms with Gasteiger partial charge in [0.05, 0.1) is 0 Å². The number of rotatable bonds is 6. The molecule has 0 atom stereocenters. The van der Waals surface area contributed by atoms with Gasteiger partial charge in [0.25, 0.3) is 5.97 Å². The predicted octanol–water partition coefficient (Wildman–Crippen LogP) is 3.61. The maximum atomic E-state index is 13.4. The Labute approximate surface area is 194 Å². The summed E-state index contributed by atoms with van der Waals surface area (Å²) in [5, 5.41) is 11.5. The summed E-state index contributed by atoms with van der Waals surface area (Å²) < 4.78 is 51.3. The first-order chi connectivity index (χ1) is 16.3. The third kappa shape index (κ3) is 6.95. The molecule has 34 heavy (non-hydrogen) atoms. The van der Waals surface area contributed by atoms with Crippen molar-refractivity contribution in [2.24, 2.45) is 0 Å². The lowest BCUT2D eigenvalue weighted by atomic mass is 10.2. The number of aromatic nitrogens is 2. The number of pyridine rings is 2. The number of carboxylic acid groups (broad SMARTS) is 1. The van der Waals surface area contributed by atoms with E-state index < -0.39 is 23.6 Å². The average Bonchev–Trinajstić information content (AvgIpc) is 2.81. The van der Waals surface area contributed by atoms with Crippen LogP contribution >= 0.6 is 0 Å². The van der Waals surface area contributed by atoms with Crippen molar-refractivity contribution in [2.75, 3.05) is 44.3 Å². The second-order valence-electron chi connectivity index (χ2n) is 7.30. The Bertz CT molecular complexity index is 1100. The third-order valence-corrected chi connectivity index (χ3v) is 4.77. The molecule has 1 fully saturated rings. The number of alkyl halides is 3. The van der Waals surface area contributed by atoms with E-state index in [0.29, 0.717) is 30.2 Å². The molecule has 4 rings (SSSR count). The molecule has 3 heterocycles. The highest BCUT2D eigenvalue weighted by atomic mass is 19.4. The van der Waals surface area contributed by atoms with Gasteiger partial charge in [0.2, 0.25) is 5.88 Å². The average molecular weight is 478 g/mol. The van der Waals surface area contributed by atoms with Crippen molar-refractivity contribution in [2.45, 2.75) is 13.1 Å². The Morgan fingerprint density at radius 2 is 1.76 bits per heavy atom. The molecule has 1 aliphatic heterocycles. The Morgan fingerprint density at radius 3 is 2.47 bits per heavy atom. The molecule has 1 saturated heterocycles. The number of carbonyl (C=O) groups is 1. The maximum absolute atomic E-state index is 13.4. The number of piperazine rings is 1. The highest BCUT2D eigenvalue weighted by Gasteiger charge is 2.36. The van der Waals surface area contributed by atoms with Gasteiger partial charge in [0.15, 0.2) is 0 Å². The Kier molecular flexibility index (Phi) is 8.47. The summed E-state index contributed by atoms with van der Waals surface area (Å²) in [6.45, 7) is 3.93. The number of carboxylic acids is 1. The van der Waals surface area contributed by atoms with Crippen molar-refractivity contribution >= 4 is 22.7 Å². The number of halogens is 3. The zero-order valence-electron chi connectivity index (χ0n) is 18.5. The molecule has 3 aromatic rings. The summed E-state index contributed by atoms with van der Waals surface area (Å²) in [5.41, 5.74) is -0.206. The minimum atomic E-state index is -4.55. The summed E-state index contributed by atoms with van der Waals surface area (Å²) in [6.07, 6.45) is -2.89. The van der Waals surface area contributed by atoms with Crippen molar-refractivity contribution in [1.82, 2.24) is 15.3 Å². The quantitative estimate of drug-likeness (QED) is 0.519. The van der Waals surface area contributed by atoms with Gasteiger partial charge >= 0.3 is 6.18 Å². The smallest absolute Gasteiger partial charge is 0.421 e. The summed E-state index contributed by atoms with van der Waals surface area (Å²) >= 11 is 0. The van der Waals surface area contributed by atoms with Gasteiger partial charge in [-0.1, -0.05) is 18.2 Å². The van der Waals surface area contributed by atoms with Crippen molar-refractivity contribution in [3.8, 4) is 11.6 Å². The lowest BCUT2D eigenvalue weighted by molar-refractivity contribution is -0.139. The van der Waals surface area contributed by atoms with Crippen LogP contribution in [0.4, 0.5) is 19.0 Å².